The summed E-state index contributed by atoms with van der Waals surface area (Å²) < 4.78 is 5.06. The molecule has 0 aliphatic rings. The molecule has 2 aromatic rings. The van der Waals surface area contributed by atoms with Crippen LogP contribution in [0, 0.1) is 0 Å². The quantitative estimate of drug-likeness (QED) is 0.734. The SMILES string of the molecule is COc1ccc(Nc2c(N)cccc2C(=O)O)cc1. The van der Waals surface area contributed by atoms with Crippen molar-refractivity contribution in [3.8, 4) is 5.75 Å². The van der Waals surface area contributed by atoms with Crippen LogP contribution in [0.5, 0.6) is 5.75 Å². The van der Waals surface area contributed by atoms with Crippen LogP contribution in [-0.2, 0) is 0 Å². The van der Waals surface area contributed by atoms with E-state index in [0.717, 1.165) is 11.4 Å². The molecule has 0 amide bonds. The molecule has 0 heterocycles. The van der Waals surface area contributed by atoms with Crippen molar-refractivity contribution in [2.24, 2.45) is 0 Å². The summed E-state index contributed by atoms with van der Waals surface area (Å²) in [4.78, 5) is 11.1. The van der Waals surface area contributed by atoms with Gasteiger partial charge in [0.25, 0.3) is 0 Å². The number of ether oxygens (including phenoxy) is 1. The van der Waals surface area contributed by atoms with Crippen LogP contribution in [0.3, 0.4) is 0 Å². The maximum absolute atomic E-state index is 11.1. The highest BCUT2D eigenvalue weighted by molar-refractivity contribution is 5.98. The summed E-state index contributed by atoms with van der Waals surface area (Å²) in [6.07, 6.45) is 0. The first kappa shape index (κ1) is 12.8. The molecule has 0 spiro atoms. The number of carbonyl (C=O) groups is 1. The van der Waals surface area contributed by atoms with E-state index in [1.54, 1.807) is 43.5 Å². The third kappa shape index (κ3) is 2.77. The van der Waals surface area contributed by atoms with Crippen LogP contribution in [0.15, 0.2) is 42.5 Å². The number of carboxylic acid groups (broad SMARTS) is 1. The highest BCUT2D eigenvalue weighted by Gasteiger charge is 2.12. The second-order valence-electron chi connectivity index (χ2n) is 3.93. The van der Waals surface area contributed by atoms with Crippen LogP contribution in [-0.4, -0.2) is 18.2 Å². The zero-order valence-electron chi connectivity index (χ0n) is 10.4. The summed E-state index contributed by atoms with van der Waals surface area (Å²) in [5.41, 5.74) is 7.46. The van der Waals surface area contributed by atoms with Gasteiger partial charge in [-0.15, -0.1) is 0 Å². The summed E-state index contributed by atoms with van der Waals surface area (Å²) in [7, 11) is 1.58. The van der Waals surface area contributed by atoms with Crippen molar-refractivity contribution in [1.82, 2.24) is 0 Å². The molecular weight excluding hydrogens is 244 g/mol. The summed E-state index contributed by atoms with van der Waals surface area (Å²) in [6.45, 7) is 0. The number of carboxylic acids is 1. The average molecular weight is 258 g/mol. The Kier molecular flexibility index (Phi) is 3.56. The Morgan fingerprint density at radius 2 is 1.89 bits per heavy atom. The molecule has 0 fully saturated rings. The van der Waals surface area contributed by atoms with Crippen LogP contribution in [0.4, 0.5) is 17.1 Å². The predicted molar refractivity (Wildman–Crippen MR) is 74.1 cm³/mol. The van der Waals surface area contributed by atoms with Gasteiger partial charge in [0.1, 0.15) is 5.75 Å². The van der Waals surface area contributed by atoms with E-state index in [1.807, 2.05) is 0 Å². The van der Waals surface area contributed by atoms with Crippen LogP contribution in [0.25, 0.3) is 0 Å². The lowest BCUT2D eigenvalue weighted by atomic mass is 10.1. The number of rotatable bonds is 4. The predicted octanol–water partition coefficient (Wildman–Crippen LogP) is 2.72. The van der Waals surface area contributed by atoms with Crippen molar-refractivity contribution in [3.05, 3.63) is 48.0 Å². The highest BCUT2D eigenvalue weighted by atomic mass is 16.5. The first-order valence-corrected chi connectivity index (χ1v) is 5.64. The maximum atomic E-state index is 11.1. The lowest BCUT2D eigenvalue weighted by Crippen LogP contribution is -2.05. The number of hydrogen-bond donors (Lipinski definition) is 3. The number of methoxy groups -OCH3 is 1. The monoisotopic (exact) mass is 258 g/mol. The number of nitrogens with two attached hydrogens (primary N) is 1. The van der Waals surface area contributed by atoms with E-state index in [-0.39, 0.29) is 5.56 Å². The Labute approximate surface area is 110 Å². The first-order valence-electron chi connectivity index (χ1n) is 5.64. The van der Waals surface area contributed by atoms with E-state index in [9.17, 15) is 4.79 Å². The number of benzene rings is 2. The van der Waals surface area contributed by atoms with Gasteiger partial charge in [-0.2, -0.15) is 0 Å². The van der Waals surface area contributed by atoms with Gasteiger partial charge in [0.2, 0.25) is 0 Å². The third-order valence-corrected chi connectivity index (χ3v) is 2.69. The summed E-state index contributed by atoms with van der Waals surface area (Å²) in [5.74, 6) is -0.298. The topological polar surface area (TPSA) is 84.6 Å². The highest BCUT2D eigenvalue weighted by Crippen LogP contribution is 2.28. The Balaban J connectivity index is 2.34. The molecule has 5 nitrogen and oxygen atoms in total. The standard InChI is InChI=1S/C14H14N2O3/c1-19-10-7-5-9(6-8-10)16-13-11(14(17)18)3-2-4-12(13)15/h2-8,16H,15H2,1H3,(H,17,18). The molecule has 0 aliphatic carbocycles. The molecule has 0 saturated carbocycles. The number of hydrogen-bond acceptors (Lipinski definition) is 4. The molecule has 0 unspecified atom stereocenters. The van der Waals surface area contributed by atoms with E-state index >= 15 is 0 Å². The molecule has 98 valence electrons. The Morgan fingerprint density at radius 3 is 2.47 bits per heavy atom. The molecule has 2 aromatic carbocycles. The molecule has 0 aliphatic heterocycles. The number of nitrogen functional groups attached to an aromatic ring is 1. The maximum Gasteiger partial charge on any atom is 0.337 e. The third-order valence-electron chi connectivity index (χ3n) is 2.69. The van der Waals surface area contributed by atoms with Gasteiger partial charge >= 0.3 is 5.97 Å². The molecule has 2 rings (SSSR count). The summed E-state index contributed by atoms with van der Waals surface area (Å²) in [6, 6.07) is 11.9. The van der Waals surface area contributed by atoms with E-state index < -0.39 is 5.97 Å². The molecule has 0 atom stereocenters. The number of anilines is 3. The van der Waals surface area contributed by atoms with E-state index in [1.165, 1.54) is 6.07 Å². The van der Waals surface area contributed by atoms with Crippen molar-refractivity contribution in [2.45, 2.75) is 0 Å². The minimum atomic E-state index is -1.02. The lowest BCUT2D eigenvalue weighted by Gasteiger charge is -2.12. The average Bonchev–Trinajstić information content (AvgIpc) is 2.41. The van der Waals surface area contributed by atoms with Crippen molar-refractivity contribution in [2.75, 3.05) is 18.2 Å². The van der Waals surface area contributed by atoms with Gasteiger partial charge in [0.15, 0.2) is 0 Å². The second kappa shape index (κ2) is 5.30. The number of nitrogens with one attached hydrogen (secondary N) is 1. The second-order valence-corrected chi connectivity index (χ2v) is 3.93. The van der Waals surface area contributed by atoms with E-state index in [2.05, 4.69) is 5.32 Å². The smallest absolute Gasteiger partial charge is 0.337 e. The zero-order valence-corrected chi connectivity index (χ0v) is 10.4. The minimum absolute atomic E-state index is 0.135. The normalized spacial score (nSPS) is 9.95. The van der Waals surface area contributed by atoms with Gasteiger partial charge in [-0.1, -0.05) is 6.07 Å². The van der Waals surface area contributed by atoms with Gasteiger partial charge in [-0.25, -0.2) is 4.79 Å². The van der Waals surface area contributed by atoms with Crippen molar-refractivity contribution >= 4 is 23.0 Å². The fourth-order valence-corrected chi connectivity index (χ4v) is 1.71. The van der Waals surface area contributed by atoms with Crippen LogP contribution >= 0.6 is 0 Å². The largest absolute Gasteiger partial charge is 0.497 e. The van der Waals surface area contributed by atoms with Crippen LogP contribution < -0.4 is 15.8 Å². The molecule has 4 N–H and O–H groups in total. The van der Waals surface area contributed by atoms with Crippen molar-refractivity contribution < 1.29 is 14.6 Å². The Hall–Kier alpha value is -2.69. The van der Waals surface area contributed by atoms with Gasteiger partial charge in [-0.3, -0.25) is 0 Å². The van der Waals surface area contributed by atoms with Gasteiger partial charge in [0.05, 0.1) is 24.0 Å². The first-order chi connectivity index (χ1) is 9.11. The van der Waals surface area contributed by atoms with E-state index in [4.69, 9.17) is 15.6 Å². The molecule has 0 aromatic heterocycles. The zero-order chi connectivity index (χ0) is 13.8. The molecule has 5 heteroatoms. The van der Waals surface area contributed by atoms with Crippen molar-refractivity contribution in [3.63, 3.8) is 0 Å². The van der Waals surface area contributed by atoms with Gasteiger partial charge in [0, 0.05) is 5.69 Å². The Morgan fingerprint density at radius 1 is 1.21 bits per heavy atom. The van der Waals surface area contributed by atoms with Crippen molar-refractivity contribution in [1.29, 1.82) is 0 Å². The molecular formula is C14H14N2O3. The molecule has 0 saturated heterocycles. The lowest BCUT2D eigenvalue weighted by molar-refractivity contribution is 0.0698. The minimum Gasteiger partial charge on any atom is -0.497 e. The van der Waals surface area contributed by atoms with Crippen LogP contribution in [0.2, 0.25) is 0 Å². The molecule has 0 radical (unpaired) electrons. The summed E-state index contributed by atoms with van der Waals surface area (Å²) >= 11 is 0. The van der Waals surface area contributed by atoms with Gasteiger partial charge < -0.3 is 20.9 Å². The van der Waals surface area contributed by atoms with E-state index in [0.29, 0.717) is 11.4 Å². The van der Waals surface area contributed by atoms with Crippen LogP contribution in [0.1, 0.15) is 10.4 Å². The summed E-state index contributed by atoms with van der Waals surface area (Å²) in [5, 5.41) is 12.1. The molecule has 19 heavy (non-hydrogen) atoms. The number of para-hydroxylation sites is 1. The fourth-order valence-electron chi connectivity index (χ4n) is 1.71. The Bertz CT molecular complexity index is 594. The molecule has 0 bridgehead atoms. The number of aromatic carboxylic acids is 1. The van der Waals surface area contributed by atoms with Gasteiger partial charge in [-0.05, 0) is 36.4 Å². The fraction of sp³-hybridized carbons (Fsp3) is 0.0714.